The van der Waals surface area contributed by atoms with E-state index in [9.17, 15) is 9.59 Å². The van der Waals surface area contributed by atoms with Gasteiger partial charge in [0.15, 0.2) is 0 Å². The van der Waals surface area contributed by atoms with Crippen molar-refractivity contribution in [1.82, 2.24) is 20.4 Å². The van der Waals surface area contributed by atoms with Gasteiger partial charge in [-0.1, -0.05) is 18.2 Å². The van der Waals surface area contributed by atoms with Crippen LogP contribution in [0.25, 0.3) is 5.69 Å². The van der Waals surface area contributed by atoms with Crippen molar-refractivity contribution in [2.75, 3.05) is 13.7 Å². The molecule has 0 aliphatic heterocycles. The van der Waals surface area contributed by atoms with Crippen molar-refractivity contribution >= 4 is 11.8 Å². The van der Waals surface area contributed by atoms with Crippen molar-refractivity contribution in [3.8, 4) is 11.6 Å². The molecular weight excluding hydrogens is 308 g/mol. The summed E-state index contributed by atoms with van der Waals surface area (Å²) in [5.74, 6) is -0.0620. The summed E-state index contributed by atoms with van der Waals surface area (Å²) in [6.07, 6.45) is 0.223. The molecule has 0 unspecified atom stereocenters. The summed E-state index contributed by atoms with van der Waals surface area (Å²) in [7, 11) is 1.50. The first-order chi connectivity index (χ1) is 11.5. The standard InChI is InChI=1S/C17H22N4O3/c1-12(2)19-15(22)9-10-18-17(23)14-11-16(24-3)20-21(14)13-7-5-4-6-8-13/h4-8,11-12H,9-10H2,1-3H3,(H,18,23)(H,19,22). The van der Waals surface area contributed by atoms with E-state index in [2.05, 4.69) is 15.7 Å². The van der Waals surface area contributed by atoms with Crippen LogP contribution in [-0.2, 0) is 4.79 Å². The SMILES string of the molecule is COc1cc(C(=O)NCCC(=O)NC(C)C)n(-c2ccccc2)n1. The van der Waals surface area contributed by atoms with E-state index in [1.807, 2.05) is 44.2 Å². The molecule has 0 saturated heterocycles. The Kier molecular flexibility index (Phi) is 5.95. The number of para-hydroxylation sites is 1. The first-order valence-corrected chi connectivity index (χ1v) is 7.78. The minimum Gasteiger partial charge on any atom is -0.480 e. The molecule has 24 heavy (non-hydrogen) atoms. The Morgan fingerprint density at radius 1 is 1.25 bits per heavy atom. The van der Waals surface area contributed by atoms with Gasteiger partial charge in [-0.15, -0.1) is 5.10 Å². The van der Waals surface area contributed by atoms with Gasteiger partial charge >= 0.3 is 0 Å². The fourth-order valence-electron chi connectivity index (χ4n) is 2.16. The molecule has 0 saturated carbocycles. The zero-order valence-electron chi connectivity index (χ0n) is 14.1. The van der Waals surface area contributed by atoms with Crippen LogP contribution in [0.1, 0.15) is 30.8 Å². The molecule has 2 aromatic rings. The molecule has 0 radical (unpaired) electrons. The van der Waals surface area contributed by atoms with Gasteiger partial charge in [-0.3, -0.25) is 9.59 Å². The van der Waals surface area contributed by atoms with Crippen molar-refractivity contribution in [3.05, 3.63) is 42.1 Å². The third kappa shape index (κ3) is 4.58. The van der Waals surface area contributed by atoms with Crippen LogP contribution in [0.3, 0.4) is 0 Å². The van der Waals surface area contributed by atoms with E-state index in [1.54, 1.807) is 6.07 Å². The molecular formula is C17H22N4O3. The number of carbonyl (C=O) groups is 2. The molecule has 0 spiro atoms. The predicted octanol–water partition coefficient (Wildman–Crippen LogP) is 1.53. The number of methoxy groups -OCH3 is 1. The van der Waals surface area contributed by atoms with Gasteiger partial charge in [0.2, 0.25) is 11.8 Å². The van der Waals surface area contributed by atoms with Gasteiger partial charge in [-0.25, -0.2) is 4.68 Å². The largest absolute Gasteiger partial charge is 0.480 e. The van der Waals surface area contributed by atoms with Crippen LogP contribution in [0.15, 0.2) is 36.4 Å². The van der Waals surface area contributed by atoms with Crippen molar-refractivity contribution < 1.29 is 14.3 Å². The molecule has 1 aromatic heterocycles. The van der Waals surface area contributed by atoms with Crippen molar-refractivity contribution in [1.29, 1.82) is 0 Å². The molecule has 0 bridgehead atoms. The summed E-state index contributed by atoms with van der Waals surface area (Å²) >= 11 is 0. The van der Waals surface area contributed by atoms with Crippen LogP contribution in [0.2, 0.25) is 0 Å². The average molecular weight is 330 g/mol. The van der Waals surface area contributed by atoms with Crippen LogP contribution in [0, 0.1) is 0 Å². The average Bonchev–Trinajstić information content (AvgIpc) is 2.99. The number of nitrogens with one attached hydrogen (secondary N) is 2. The smallest absolute Gasteiger partial charge is 0.270 e. The zero-order chi connectivity index (χ0) is 17.5. The highest BCUT2D eigenvalue weighted by molar-refractivity contribution is 5.93. The van der Waals surface area contributed by atoms with E-state index in [-0.39, 0.29) is 30.8 Å². The summed E-state index contributed by atoms with van der Waals surface area (Å²) in [6, 6.07) is 11.0. The summed E-state index contributed by atoms with van der Waals surface area (Å²) in [5.41, 5.74) is 1.10. The monoisotopic (exact) mass is 330 g/mol. The lowest BCUT2D eigenvalue weighted by Crippen LogP contribution is -2.34. The third-order valence-electron chi connectivity index (χ3n) is 3.22. The minimum absolute atomic E-state index is 0.0805. The lowest BCUT2D eigenvalue weighted by molar-refractivity contribution is -0.121. The van der Waals surface area contributed by atoms with Gasteiger partial charge in [0.25, 0.3) is 5.91 Å². The Bertz CT molecular complexity index is 695. The highest BCUT2D eigenvalue weighted by Crippen LogP contribution is 2.16. The van der Waals surface area contributed by atoms with Crippen LogP contribution in [-0.4, -0.2) is 41.3 Å². The molecule has 0 aliphatic rings. The number of ether oxygens (including phenoxy) is 1. The normalized spacial score (nSPS) is 10.5. The van der Waals surface area contributed by atoms with Crippen LogP contribution < -0.4 is 15.4 Å². The van der Waals surface area contributed by atoms with Crippen LogP contribution in [0.4, 0.5) is 0 Å². The maximum Gasteiger partial charge on any atom is 0.270 e. The summed E-state index contributed by atoms with van der Waals surface area (Å²) < 4.78 is 6.63. The molecule has 128 valence electrons. The Hall–Kier alpha value is -2.83. The molecule has 7 nitrogen and oxygen atoms in total. The minimum atomic E-state index is -0.313. The molecule has 0 aliphatic carbocycles. The second kappa shape index (κ2) is 8.14. The van der Waals surface area contributed by atoms with E-state index in [4.69, 9.17) is 4.74 Å². The number of amides is 2. The lowest BCUT2D eigenvalue weighted by Gasteiger charge is -2.10. The van der Waals surface area contributed by atoms with Crippen molar-refractivity contribution in [3.63, 3.8) is 0 Å². The van der Waals surface area contributed by atoms with Gasteiger partial charge < -0.3 is 15.4 Å². The van der Waals surface area contributed by atoms with Gasteiger partial charge in [0.1, 0.15) is 5.69 Å². The Balaban J connectivity index is 2.06. The molecule has 0 fully saturated rings. The molecule has 2 rings (SSSR count). The second-order valence-corrected chi connectivity index (χ2v) is 5.55. The maximum atomic E-state index is 12.4. The molecule has 2 N–H and O–H groups in total. The highest BCUT2D eigenvalue weighted by atomic mass is 16.5. The first kappa shape index (κ1) is 17.5. The molecule has 1 aromatic carbocycles. The predicted molar refractivity (Wildman–Crippen MR) is 90.3 cm³/mol. The summed E-state index contributed by atoms with van der Waals surface area (Å²) in [4.78, 5) is 24.0. The van der Waals surface area contributed by atoms with Gasteiger partial charge in [0, 0.05) is 25.1 Å². The molecule has 2 amide bonds. The summed E-state index contributed by atoms with van der Waals surface area (Å²) in [5, 5.41) is 9.77. The second-order valence-electron chi connectivity index (χ2n) is 5.55. The van der Waals surface area contributed by atoms with Crippen molar-refractivity contribution in [2.24, 2.45) is 0 Å². The zero-order valence-corrected chi connectivity index (χ0v) is 14.1. The van der Waals surface area contributed by atoms with E-state index in [0.29, 0.717) is 11.6 Å². The topological polar surface area (TPSA) is 85.2 Å². The molecule has 1 heterocycles. The Labute approximate surface area is 141 Å². The van der Waals surface area contributed by atoms with E-state index in [1.165, 1.54) is 11.8 Å². The van der Waals surface area contributed by atoms with Gasteiger partial charge in [0.05, 0.1) is 12.8 Å². The van der Waals surface area contributed by atoms with Crippen molar-refractivity contribution in [2.45, 2.75) is 26.3 Å². The number of rotatable bonds is 7. The van der Waals surface area contributed by atoms with Crippen LogP contribution in [0.5, 0.6) is 5.88 Å². The highest BCUT2D eigenvalue weighted by Gasteiger charge is 2.17. The van der Waals surface area contributed by atoms with Gasteiger partial charge in [-0.05, 0) is 26.0 Å². The van der Waals surface area contributed by atoms with Gasteiger partial charge in [-0.2, -0.15) is 0 Å². The lowest BCUT2D eigenvalue weighted by atomic mass is 10.3. The molecule has 0 atom stereocenters. The molecule has 7 heteroatoms. The number of aromatic nitrogens is 2. The Morgan fingerprint density at radius 3 is 2.58 bits per heavy atom. The number of nitrogens with zero attached hydrogens (tertiary/aromatic N) is 2. The quantitative estimate of drug-likeness (QED) is 0.806. The maximum absolute atomic E-state index is 12.4. The number of hydrogen-bond acceptors (Lipinski definition) is 4. The fraction of sp³-hybridized carbons (Fsp3) is 0.353. The summed E-state index contributed by atoms with van der Waals surface area (Å²) in [6.45, 7) is 4.03. The third-order valence-corrected chi connectivity index (χ3v) is 3.22. The Morgan fingerprint density at radius 2 is 1.96 bits per heavy atom. The van der Waals surface area contributed by atoms with E-state index in [0.717, 1.165) is 5.69 Å². The number of hydrogen-bond donors (Lipinski definition) is 2. The number of benzene rings is 1. The first-order valence-electron chi connectivity index (χ1n) is 7.78. The fourth-order valence-corrected chi connectivity index (χ4v) is 2.16. The van der Waals surface area contributed by atoms with E-state index >= 15 is 0 Å². The van der Waals surface area contributed by atoms with Crippen LogP contribution >= 0.6 is 0 Å². The number of carbonyl (C=O) groups excluding carboxylic acids is 2. The van der Waals surface area contributed by atoms with E-state index < -0.39 is 0 Å².